The summed E-state index contributed by atoms with van der Waals surface area (Å²) in [6.07, 6.45) is -0.131. The molecule has 2 rings (SSSR count). The summed E-state index contributed by atoms with van der Waals surface area (Å²) in [5.41, 5.74) is -0.0406. The van der Waals surface area contributed by atoms with E-state index in [-0.39, 0.29) is 23.6 Å². The minimum Gasteiger partial charge on any atom is -0.491 e. The molecule has 0 aliphatic rings. The van der Waals surface area contributed by atoms with Crippen molar-refractivity contribution in [2.75, 3.05) is 25.1 Å². The Bertz CT molecular complexity index is 657. The highest BCUT2D eigenvalue weighted by Gasteiger charge is 2.19. The van der Waals surface area contributed by atoms with Gasteiger partial charge in [0, 0.05) is 13.6 Å². The van der Waals surface area contributed by atoms with Crippen molar-refractivity contribution in [1.82, 2.24) is 10.1 Å². The van der Waals surface area contributed by atoms with E-state index < -0.39 is 11.6 Å². The van der Waals surface area contributed by atoms with Gasteiger partial charge in [0.05, 0.1) is 18.6 Å². The van der Waals surface area contributed by atoms with Crippen LogP contribution in [0, 0.1) is 5.82 Å². The van der Waals surface area contributed by atoms with Gasteiger partial charge in [-0.2, -0.15) is 4.98 Å². The lowest BCUT2D eigenvalue weighted by atomic mass is 10.1. The van der Waals surface area contributed by atoms with Crippen molar-refractivity contribution < 1.29 is 18.4 Å². The topological polar surface area (TPSA) is 68.5 Å². The Kier molecular flexibility index (Phi) is 5.08. The molecule has 0 unspecified atom stereocenters. The van der Waals surface area contributed by atoms with Gasteiger partial charge >= 0.3 is 6.01 Å². The molecule has 0 N–H and O–H groups in total. The first-order valence-corrected chi connectivity index (χ1v) is 7.05. The van der Waals surface area contributed by atoms with Crippen molar-refractivity contribution in [3.8, 4) is 5.75 Å². The summed E-state index contributed by atoms with van der Waals surface area (Å²) in [7, 11) is 1.80. The van der Waals surface area contributed by atoms with Gasteiger partial charge in [0.25, 0.3) is 0 Å². The summed E-state index contributed by atoms with van der Waals surface area (Å²) in [4.78, 5) is 18.1. The number of carbonyl (C=O) groups excluding carboxylic acids is 1. The molecule has 0 aliphatic carbocycles. The normalized spacial score (nSPS) is 10.5. The maximum absolute atomic E-state index is 14.2. The number of rotatable bonds is 7. The minimum absolute atomic E-state index is 0.0406. The number of ether oxygens (including phenoxy) is 1. The largest absolute Gasteiger partial charge is 0.491 e. The highest BCUT2D eigenvalue weighted by atomic mass is 19.1. The van der Waals surface area contributed by atoms with Crippen LogP contribution in [-0.4, -0.2) is 36.1 Å². The Morgan fingerprint density at radius 3 is 2.86 bits per heavy atom. The smallest absolute Gasteiger partial charge is 0.323 e. The Labute approximate surface area is 127 Å². The second kappa shape index (κ2) is 7.02. The third-order valence-corrected chi connectivity index (χ3v) is 3.14. The number of nitrogens with zero attached hydrogens (tertiary/aromatic N) is 3. The van der Waals surface area contributed by atoms with Gasteiger partial charge in [-0.3, -0.25) is 4.79 Å². The highest BCUT2D eigenvalue weighted by molar-refractivity contribution is 5.97. The molecule has 0 radical (unpaired) electrons. The molecule has 22 heavy (non-hydrogen) atoms. The summed E-state index contributed by atoms with van der Waals surface area (Å²) in [6, 6.07) is 4.81. The van der Waals surface area contributed by atoms with E-state index in [1.165, 1.54) is 12.1 Å². The Morgan fingerprint density at radius 1 is 1.41 bits per heavy atom. The van der Waals surface area contributed by atoms with Gasteiger partial charge < -0.3 is 14.2 Å². The van der Waals surface area contributed by atoms with Crippen molar-refractivity contribution in [2.24, 2.45) is 0 Å². The summed E-state index contributed by atoms with van der Waals surface area (Å²) < 4.78 is 24.4. The van der Waals surface area contributed by atoms with E-state index in [9.17, 15) is 9.18 Å². The van der Waals surface area contributed by atoms with E-state index in [2.05, 4.69) is 10.1 Å². The quantitative estimate of drug-likeness (QED) is 0.732. The van der Waals surface area contributed by atoms with E-state index in [1.54, 1.807) is 24.9 Å². The van der Waals surface area contributed by atoms with E-state index in [0.29, 0.717) is 19.2 Å². The standard InChI is InChI=1S/C15H18FN3O3/c1-4-19(3)15-17-13(18-22-15)9-11(20)10-7-6-8-12(14(10)16)21-5-2/h6-8H,4-5,9H2,1-3H3. The van der Waals surface area contributed by atoms with Crippen molar-refractivity contribution in [3.05, 3.63) is 35.4 Å². The molecule has 0 fully saturated rings. The summed E-state index contributed by atoms with van der Waals surface area (Å²) in [5, 5.41) is 3.74. The maximum atomic E-state index is 14.2. The first kappa shape index (κ1) is 15.9. The third kappa shape index (κ3) is 3.41. The van der Waals surface area contributed by atoms with Crippen molar-refractivity contribution >= 4 is 11.8 Å². The average molecular weight is 307 g/mol. The lowest BCUT2D eigenvalue weighted by Gasteiger charge is -2.08. The number of hydrogen-bond donors (Lipinski definition) is 0. The highest BCUT2D eigenvalue weighted by Crippen LogP contribution is 2.22. The molecule has 0 saturated heterocycles. The molecule has 6 nitrogen and oxygen atoms in total. The zero-order valence-electron chi connectivity index (χ0n) is 12.8. The number of benzene rings is 1. The molecule has 7 heteroatoms. The van der Waals surface area contributed by atoms with Gasteiger partial charge in [0.2, 0.25) is 0 Å². The third-order valence-electron chi connectivity index (χ3n) is 3.14. The van der Waals surface area contributed by atoms with Gasteiger partial charge in [-0.25, -0.2) is 4.39 Å². The number of Topliss-reactive ketones (excluding diaryl/α,β-unsaturated/α-hetero) is 1. The maximum Gasteiger partial charge on any atom is 0.323 e. The Morgan fingerprint density at radius 2 is 2.18 bits per heavy atom. The molecular formula is C15H18FN3O3. The van der Waals surface area contributed by atoms with E-state index >= 15 is 0 Å². The van der Waals surface area contributed by atoms with Gasteiger partial charge in [-0.05, 0) is 26.0 Å². The number of carbonyl (C=O) groups is 1. The SMILES string of the molecule is CCOc1cccc(C(=O)Cc2noc(N(C)CC)n2)c1F. The zero-order chi connectivity index (χ0) is 16.1. The van der Waals surface area contributed by atoms with Crippen LogP contribution in [0.2, 0.25) is 0 Å². The fraction of sp³-hybridized carbons (Fsp3) is 0.400. The van der Waals surface area contributed by atoms with Crippen LogP contribution < -0.4 is 9.64 Å². The van der Waals surface area contributed by atoms with Crippen LogP contribution in [0.25, 0.3) is 0 Å². The summed E-state index contributed by atoms with van der Waals surface area (Å²) in [5.74, 6) is -0.802. The lowest BCUT2D eigenvalue weighted by molar-refractivity contribution is 0.0985. The van der Waals surface area contributed by atoms with Gasteiger partial charge in [0.1, 0.15) is 0 Å². The second-order valence-corrected chi connectivity index (χ2v) is 4.66. The van der Waals surface area contributed by atoms with Crippen LogP contribution in [0.1, 0.15) is 30.0 Å². The van der Waals surface area contributed by atoms with Gasteiger partial charge in [-0.1, -0.05) is 11.2 Å². The molecule has 0 aliphatic heterocycles. The van der Waals surface area contributed by atoms with Crippen molar-refractivity contribution in [2.45, 2.75) is 20.3 Å². The predicted octanol–water partition coefficient (Wildman–Crippen LogP) is 2.49. The fourth-order valence-electron chi connectivity index (χ4n) is 1.84. The summed E-state index contributed by atoms with van der Waals surface area (Å²) in [6.45, 7) is 4.70. The van der Waals surface area contributed by atoms with Crippen molar-refractivity contribution in [3.63, 3.8) is 0 Å². The van der Waals surface area contributed by atoms with Crippen molar-refractivity contribution in [1.29, 1.82) is 0 Å². The number of aromatic nitrogens is 2. The molecule has 1 heterocycles. The lowest BCUT2D eigenvalue weighted by Crippen LogP contribution is -2.16. The monoisotopic (exact) mass is 307 g/mol. The number of ketones is 1. The molecular weight excluding hydrogens is 289 g/mol. The average Bonchev–Trinajstić information content (AvgIpc) is 2.97. The molecule has 0 atom stereocenters. The predicted molar refractivity (Wildman–Crippen MR) is 78.8 cm³/mol. The molecule has 118 valence electrons. The number of anilines is 1. The Hall–Kier alpha value is -2.44. The van der Waals surface area contributed by atoms with Crippen LogP contribution in [0.5, 0.6) is 5.75 Å². The van der Waals surface area contributed by atoms with Gasteiger partial charge in [-0.15, -0.1) is 0 Å². The van der Waals surface area contributed by atoms with Crippen LogP contribution in [0.4, 0.5) is 10.4 Å². The first-order valence-electron chi connectivity index (χ1n) is 7.05. The zero-order valence-corrected chi connectivity index (χ0v) is 12.8. The number of hydrogen-bond acceptors (Lipinski definition) is 6. The van der Waals surface area contributed by atoms with E-state index in [1.807, 2.05) is 6.92 Å². The second-order valence-electron chi connectivity index (χ2n) is 4.66. The molecule has 0 amide bonds. The van der Waals surface area contributed by atoms with Crippen LogP contribution in [-0.2, 0) is 6.42 Å². The number of halogens is 1. The molecule has 2 aromatic rings. The minimum atomic E-state index is -0.663. The summed E-state index contributed by atoms with van der Waals surface area (Å²) >= 11 is 0. The van der Waals surface area contributed by atoms with E-state index in [0.717, 1.165) is 0 Å². The fourth-order valence-corrected chi connectivity index (χ4v) is 1.84. The first-order chi connectivity index (χ1) is 10.6. The molecule has 0 spiro atoms. The van der Waals surface area contributed by atoms with Crippen LogP contribution >= 0.6 is 0 Å². The molecule has 0 saturated carbocycles. The van der Waals surface area contributed by atoms with E-state index in [4.69, 9.17) is 9.26 Å². The molecule has 1 aromatic carbocycles. The molecule has 1 aromatic heterocycles. The van der Waals surface area contributed by atoms with Gasteiger partial charge in [0.15, 0.2) is 23.2 Å². The molecule has 0 bridgehead atoms. The van der Waals surface area contributed by atoms with Crippen LogP contribution in [0.15, 0.2) is 22.7 Å². The Balaban J connectivity index is 2.15. The van der Waals surface area contributed by atoms with Crippen LogP contribution in [0.3, 0.4) is 0 Å².